The normalized spacial score (nSPS) is 11.9. The summed E-state index contributed by atoms with van der Waals surface area (Å²) in [5, 5.41) is 3.22. The highest BCUT2D eigenvalue weighted by molar-refractivity contribution is 5.46. The van der Waals surface area contributed by atoms with Crippen LogP contribution in [0.25, 0.3) is 0 Å². The van der Waals surface area contributed by atoms with Gasteiger partial charge in [0.05, 0.1) is 13.2 Å². The summed E-state index contributed by atoms with van der Waals surface area (Å²) in [7, 11) is 1.62. The maximum atomic E-state index is 13.2. The van der Waals surface area contributed by atoms with Gasteiger partial charge in [-0.15, -0.1) is 0 Å². The molecule has 4 heteroatoms. The zero-order valence-electron chi connectivity index (χ0n) is 10.8. The van der Waals surface area contributed by atoms with Gasteiger partial charge in [-0.3, -0.25) is 0 Å². The molecule has 2 rings (SSSR count). The van der Waals surface area contributed by atoms with Crippen LogP contribution in [0, 0.1) is 5.82 Å². The minimum absolute atomic E-state index is 0.0862. The molecule has 0 saturated heterocycles. The number of benzene rings is 2. The summed E-state index contributed by atoms with van der Waals surface area (Å²) in [6.45, 7) is 0.406. The van der Waals surface area contributed by atoms with Crippen LogP contribution in [0.5, 0.6) is 5.75 Å². The SMILES string of the molecule is COc1cccc(C(CN)Nc2cccc(F)c2)c1. The van der Waals surface area contributed by atoms with Crippen molar-refractivity contribution in [3.63, 3.8) is 0 Å². The summed E-state index contributed by atoms with van der Waals surface area (Å²) >= 11 is 0. The molecule has 0 fully saturated rings. The second-order valence-corrected chi connectivity index (χ2v) is 4.22. The summed E-state index contributed by atoms with van der Waals surface area (Å²) in [4.78, 5) is 0. The van der Waals surface area contributed by atoms with Gasteiger partial charge >= 0.3 is 0 Å². The van der Waals surface area contributed by atoms with Crippen molar-refractivity contribution in [1.82, 2.24) is 0 Å². The van der Waals surface area contributed by atoms with E-state index in [9.17, 15) is 4.39 Å². The molecule has 0 aliphatic heterocycles. The number of nitrogens with one attached hydrogen (secondary N) is 1. The molecule has 0 bridgehead atoms. The number of anilines is 1. The first-order valence-electron chi connectivity index (χ1n) is 6.09. The van der Waals surface area contributed by atoms with E-state index >= 15 is 0 Å². The monoisotopic (exact) mass is 260 g/mol. The Morgan fingerprint density at radius 1 is 1.21 bits per heavy atom. The lowest BCUT2D eigenvalue weighted by Gasteiger charge is -2.19. The quantitative estimate of drug-likeness (QED) is 0.869. The molecule has 3 nitrogen and oxygen atoms in total. The van der Waals surface area contributed by atoms with Crippen molar-refractivity contribution in [2.75, 3.05) is 19.0 Å². The summed E-state index contributed by atoms with van der Waals surface area (Å²) in [6, 6.07) is 13.9. The molecule has 1 unspecified atom stereocenters. The molecular weight excluding hydrogens is 243 g/mol. The fourth-order valence-electron chi connectivity index (χ4n) is 1.92. The summed E-state index contributed by atoms with van der Waals surface area (Å²) < 4.78 is 18.3. The molecule has 19 heavy (non-hydrogen) atoms. The topological polar surface area (TPSA) is 47.3 Å². The molecule has 0 radical (unpaired) electrons. The van der Waals surface area contributed by atoms with E-state index in [0.717, 1.165) is 11.3 Å². The molecule has 0 amide bonds. The highest BCUT2D eigenvalue weighted by Gasteiger charge is 2.10. The number of nitrogens with two attached hydrogens (primary N) is 1. The third-order valence-corrected chi connectivity index (χ3v) is 2.90. The van der Waals surface area contributed by atoms with Gasteiger partial charge < -0.3 is 15.8 Å². The Bertz CT molecular complexity index is 545. The van der Waals surface area contributed by atoms with Crippen molar-refractivity contribution in [3.05, 3.63) is 59.9 Å². The van der Waals surface area contributed by atoms with E-state index in [0.29, 0.717) is 12.2 Å². The molecule has 0 aliphatic carbocycles. The second-order valence-electron chi connectivity index (χ2n) is 4.22. The van der Waals surface area contributed by atoms with Crippen molar-refractivity contribution in [1.29, 1.82) is 0 Å². The molecule has 0 spiro atoms. The van der Waals surface area contributed by atoms with Gasteiger partial charge in [-0.1, -0.05) is 18.2 Å². The minimum atomic E-state index is -0.272. The van der Waals surface area contributed by atoms with Crippen molar-refractivity contribution in [2.45, 2.75) is 6.04 Å². The van der Waals surface area contributed by atoms with Crippen molar-refractivity contribution in [3.8, 4) is 5.75 Å². The van der Waals surface area contributed by atoms with Gasteiger partial charge in [0.2, 0.25) is 0 Å². The number of rotatable bonds is 5. The fraction of sp³-hybridized carbons (Fsp3) is 0.200. The Hall–Kier alpha value is -2.07. The average molecular weight is 260 g/mol. The minimum Gasteiger partial charge on any atom is -0.497 e. The highest BCUT2D eigenvalue weighted by Crippen LogP contribution is 2.22. The molecular formula is C15H17FN2O. The van der Waals surface area contributed by atoms with Crippen LogP contribution < -0.4 is 15.8 Å². The molecule has 0 aromatic heterocycles. The van der Waals surface area contributed by atoms with E-state index in [1.165, 1.54) is 12.1 Å². The first-order valence-corrected chi connectivity index (χ1v) is 6.09. The van der Waals surface area contributed by atoms with Crippen LogP contribution in [-0.2, 0) is 0 Å². The summed E-state index contributed by atoms with van der Waals surface area (Å²) in [6.07, 6.45) is 0. The number of hydrogen-bond donors (Lipinski definition) is 2. The Balaban J connectivity index is 2.19. The van der Waals surface area contributed by atoms with Crippen LogP contribution >= 0.6 is 0 Å². The van der Waals surface area contributed by atoms with Crippen molar-refractivity contribution in [2.24, 2.45) is 5.73 Å². The molecule has 100 valence electrons. The van der Waals surface area contributed by atoms with Gasteiger partial charge in [-0.05, 0) is 35.9 Å². The van der Waals surface area contributed by atoms with E-state index in [1.54, 1.807) is 13.2 Å². The zero-order valence-corrected chi connectivity index (χ0v) is 10.8. The Labute approximate surface area is 112 Å². The van der Waals surface area contributed by atoms with E-state index < -0.39 is 0 Å². The van der Waals surface area contributed by atoms with Crippen LogP contribution in [0.2, 0.25) is 0 Å². The average Bonchev–Trinajstić information content (AvgIpc) is 2.45. The van der Waals surface area contributed by atoms with Gasteiger partial charge in [0, 0.05) is 12.2 Å². The lowest BCUT2D eigenvalue weighted by Crippen LogP contribution is -2.20. The third-order valence-electron chi connectivity index (χ3n) is 2.90. The Morgan fingerprint density at radius 3 is 2.68 bits per heavy atom. The van der Waals surface area contributed by atoms with Crippen molar-refractivity contribution >= 4 is 5.69 Å². The zero-order chi connectivity index (χ0) is 13.7. The predicted molar refractivity (Wildman–Crippen MR) is 74.8 cm³/mol. The smallest absolute Gasteiger partial charge is 0.125 e. The van der Waals surface area contributed by atoms with E-state index in [2.05, 4.69) is 5.32 Å². The lowest BCUT2D eigenvalue weighted by atomic mass is 10.1. The number of ether oxygens (including phenoxy) is 1. The number of halogens is 1. The van der Waals surface area contributed by atoms with Crippen LogP contribution in [0.15, 0.2) is 48.5 Å². The number of hydrogen-bond acceptors (Lipinski definition) is 3. The summed E-state index contributed by atoms with van der Waals surface area (Å²) in [5.74, 6) is 0.503. The van der Waals surface area contributed by atoms with Gasteiger partial charge in [-0.25, -0.2) is 4.39 Å². The van der Waals surface area contributed by atoms with E-state index in [-0.39, 0.29) is 11.9 Å². The first kappa shape index (κ1) is 13.4. The van der Waals surface area contributed by atoms with Gasteiger partial charge in [0.1, 0.15) is 11.6 Å². The largest absolute Gasteiger partial charge is 0.497 e. The second kappa shape index (κ2) is 6.20. The van der Waals surface area contributed by atoms with E-state index in [1.807, 2.05) is 30.3 Å². The Morgan fingerprint density at radius 2 is 2.00 bits per heavy atom. The van der Waals surface area contributed by atoms with Gasteiger partial charge in [0.15, 0.2) is 0 Å². The maximum absolute atomic E-state index is 13.2. The van der Waals surface area contributed by atoms with Gasteiger partial charge in [0.25, 0.3) is 0 Å². The number of methoxy groups -OCH3 is 1. The maximum Gasteiger partial charge on any atom is 0.125 e. The molecule has 3 N–H and O–H groups in total. The lowest BCUT2D eigenvalue weighted by molar-refractivity contribution is 0.414. The molecule has 0 heterocycles. The van der Waals surface area contributed by atoms with Crippen molar-refractivity contribution < 1.29 is 9.13 Å². The predicted octanol–water partition coefficient (Wildman–Crippen LogP) is 2.95. The van der Waals surface area contributed by atoms with Crippen LogP contribution in [0.4, 0.5) is 10.1 Å². The molecule has 0 aliphatic rings. The van der Waals surface area contributed by atoms with Gasteiger partial charge in [-0.2, -0.15) is 0 Å². The highest BCUT2D eigenvalue weighted by atomic mass is 19.1. The van der Waals surface area contributed by atoms with Crippen LogP contribution in [0.3, 0.4) is 0 Å². The third kappa shape index (κ3) is 3.45. The van der Waals surface area contributed by atoms with E-state index in [4.69, 9.17) is 10.5 Å². The molecule has 2 aromatic carbocycles. The summed E-state index contributed by atoms with van der Waals surface area (Å²) in [5.41, 5.74) is 7.50. The van der Waals surface area contributed by atoms with Crippen LogP contribution in [-0.4, -0.2) is 13.7 Å². The molecule has 0 saturated carbocycles. The molecule has 2 aromatic rings. The standard InChI is InChI=1S/C15H17FN2O/c1-19-14-7-2-4-11(8-14)15(10-17)18-13-6-3-5-12(16)9-13/h2-9,15,18H,10,17H2,1H3. The molecule has 1 atom stereocenters. The first-order chi connectivity index (χ1) is 9.22. The van der Waals surface area contributed by atoms with Crippen LogP contribution in [0.1, 0.15) is 11.6 Å². The fourth-order valence-corrected chi connectivity index (χ4v) is 1.92. The Kier molecular flexibility index (Phi) is 4.36.